The van der Waals surface area contributed by atoms with Gasteiger partial charge in [-0.05, 0) is 30.7 Å². The van der Waals surface area contributed by atoms with Crippen LogP contribution in [0.25, 0.3) is 6.08 Å². The maximum absolute atomic E-state index is 7.13. The summed E-state index contributed by atoms with van der Waals surface area (Å²) in [5, 5.41) is 11.0. The molecule has 0 aromatic heterocycles. The van der Waals surface area contributed by atoms with Gasteiger partial charge in [0.1, 0.15) is 0 Å². The highest BCUT2D eigenvalue weighted by Gasteiger charge is 1.95. The first-order valence-electron chi connectivity index (χ1n) is 4.03. The molecule has 1 aromatic rings. The summed E-state index contributed by atoms with van der Waals surface area (Å²) in [6, 6.07) is 5.36. The second kappa shape index (κ2) is 6.72. The minimum absolute atomic E-state index is 0. The molecule has 0 saturated heterocycles. The Morgan fingerprint density at radius 1 is 1.33 bits per heavy atom. The Labute approximate surface area is 105 Å². The third kappa shape index (κ3) is 5.07. The number of benzene rings is 1. The Morgan fingerprint density at radius 3 is 2.53 bits per heavy atom. The molecule has 0 heterocycles. The SMILES string of the molecule is CC(=N)N/C=C/c1ccc(Cl)c(Cl)c1.Cl. The maximum atomic E-state index is 7.13. The number of halogens is 3. The van der Waals surface area contributed by atoms with Gasteiger partial charge in [0.2, 0.25) is 0 Å². The predicted molar refractivity (Wildman–Crippen MR) is 69.3 cm³/mol. The molecule has 2 nitrogen and oxygen atoms in total. The molecule has 5 heteroatoms. The van der Waals surface area contributed by atoms with Crippen molar-refractivity contribution in [2.45, 2.75) is 6.92 Å². The minimum atomic E-state index is 0. The summed E-state index contributed by atoms with van der Waals surface area (Å²) in [6.45, 7) is 1.67. The Bertz CT molecular complexity index is 375. The average Bonchev–Trinajstić information content (AvgIpc) is 2.10. The smallest absolute Gasteiger partial charge is 0.0939 e. The normalized spacial score (nSPS) is 9.80. The highest BCUT2D eigenvalue weighted by molar-refractivity contribution is 6.42. The second-order valence-corrected chi connectivity index (χ2v) is 3.59. The molecule has 0 amide bonds. The molecule has 0 atom stereocenters. The summed E-state index contributed by atoms with van der Waals surface area (Å²) in [7, 11) is 0. The van der Waals surface area contributed by atoms with Crippen LogP contribution in [0.2, 0.25) is 10.0 Å². The number of hydrogen-bond acceptors (Lipinski definition) is 1. The van der Waals surface area contributed by atoms with Crippen molar-refractivity contribution in [3.8, 4) is 0 Å². The Morgan fingerprint density at radius 2 is 2.00 bits per heavy atom. The molecule has 0 aliphatic carbocycles. The molecule has 0 spiro atoms. The second-order valence-electron chi connectivity index (χ2n) is 2.78. The van der Waals surface area contributed by atoms with Gasteiger partial charge in [-0.25, -0.2) is 0 Å². The van der Waals surface area contributed by atoms with Crippen molar-refractivity contribution in [2.75, 3.05) is 0 Å². The summed E-state index contributed by atoms with van der Waals surface area (Å²) in [5.41, 5.74) is 0.938. The molecule has 0 fully saturated rings. The van der Waals surface area contributed by atoms with Crippen molar-refractivity contribution < 1.29 is 0 Å². The lowest BCUT2D eigenvalue weighted by Gasteiger charge is -1.98. The average molecular weight is 266 g/mol. The van der Waals surface area contributed by atoms with Crippen molar-refractivity contribution in [2.24, 2.45) is 0 Å². The van der Waals surface area contributed by atoms with Crippen LogP contribution in [0.1, 0.15) is 12.5 Å². The first-order chi connectivity index (χ1) is 6.59. The summed E-state index contributed by atoms with van der Waals surface area (Å²) < 4.78 is 0. The zero-order valence-electron chi connectivity index (χ0n) is 8.05. The molecule has 0 aliphatic heterocycles. The summed E-state index contributed by atoms with van der Waals surface area (Å²) in [5.74, 6) is 0.390. The molecular formula is C10H11Cl3N2. The van der Waals surface area contributed by atoms with Crippen LogP contribution >= 0.6 is 35.6 Å². The van der Waals surface area contributed by atoms with Crippen molar-refractivity contribution in [3.05, 3.63) is 40.0 Å². The van der Waals surface area contributed by atoms with Crippen LogP contribution < -0.4 is 5.32 Å². The highest BCUT2D eigenvalue weighted by Crippen LogP contribution is 2.22. The van der Waals surface area contributed by atoms with E-state index in [-0.39, 0.29) is 12.4 Å². The van der Waals surface area contributed by atoms with E-state index in [0.29, 0.717) is 15.9 Å². The van der Waals surface area contributed by atoms with E-state index in [1.54, 1.807) is 25.3 Å². The van der Waals surface area contributed by atoms with E-state index in [1.165, 1.54) is 0 Å². The van der Waals surface area contributed by atoms with Crippen LogP contribution in [0.15, 0.2) is 24.4 Å². The predicted octanol–water partition coefficient (Wildman–Crippen LogP) is 3.97. The Balaban J connectivity index is 0.00000196. The lowest BCUT2D eigenvalue weighted by atomic mass is 10.2. The van der Waals surface area contributed by atoms with Crippen LogP contribution in [-0.4, -0.2) is 5.84 Å². The number of amidine groups is 1. The zero-order chi connectivity index (χ0) is 10.6. The fourth-order valence-electron chi connectivity index (χ4n) is 0.879. The lowest BCUT2D eigenvalue weighted by molar-refractivity contribution is 1.22. The third-order valence-electron chi connectivity index (χ3n) is 1.52. The molecule has 82 valence electrons. The molecule has 1 aromatic carbocycles. The fourth-order valence-corrected chi connectivity index (χ4v) is 1.19. The van der Waals surface area contributed by atoms with Crippen molar-refractivity contribution in [1.29, 1.82) is 5.41 Å². The van der Waals surface area contributed by atoms with Crippen LogP contribution in [-0.2, 0) is 0 Å². The zero-order valence-corrected chi connectivity index (χ0v) is 10.4. The van der Waals surface area contributed by atoms with Crippen molar-refractivity contribution >= 4 is 47.5 Å². The van der Waals surface area contributed by atoms with E-state index < -0.39 is 0 Å². The summed E-state index contributed by atoms with van der Waals surface area (Å²) in [4.78, 5) is 0. The van der Waals surface area contributed by atoms with Crippen LogP contribution in [0.5, 0.6) is 0 Å². The van der Waals surface area contributed by atoms with Gasteiger partial charge in [0.25, 0.3) is 0 Å². The molecule has 0 saturated carbocycles. The first kappa shape index (κ1) is 14.3. The van der Waals surface area contributed by atoms with Crippen LogP contribution in [0.3, 0.4) is 0 Å². The highest BCUT2D eigenvalue weighted by atomic mass is 35.5. The topological polar surface area (TPSA) is 35.9 Å². The lowest BCUT2D eigenvalue weighted by Crippen LogP contribution is -2.10. The summed E-state index contributed by atoms with van der Waals surface area (Å²) >= 11 is 11.6. The minimum Gasteiger partial charge on any atom is -0.351 e. The van der Waals surface area contributed by atoms with Gasteiger partial charge in [0.05, 0.1) is 15.9 Å². The monoisotopic (exact) mass is 264 g/mol. The van der Waals surface area contributed by atoms with E-state index in [9.17, 15) is 0 Å². The van der Waals surface area contributed by atoms with Gasteiger partial charge in [-0.2, -0.15) is 0 Å². The Kier molecular flexibility index (Phi) is 6.41. The van der Waals surface area contributed by atoms with Gasteiger partial charge >= 0.3 is 0 Å². The maximum Gasteiger partial charge on any atom is 0.0939 e. The molecule has 0 radical (unpaired) electrons. The van der Waals surface area contributed by atoms with Crippen LogP contribution in [0, 0.1) is 5.41 Å². The van der Waals surface area contributed by atoms with Gasteiger partial charge in [-0.1, -0.05) is 29.3 Å². The van der Waals surface area contributed by atoms with Gasteiger partial charge in [0.15, 0.2) is 0 Å². The largest absolute Gasteiger partial charge is 0.351 e. The van der Waals surface area contributed by atoms with E-state index in [1.807, 2.05) is 12.1 Å². The first-order valence-corrected chi connectivity index (χ1v) is 4.78. The molecule has 0 unspecified atom stereocenters. The van der Waals surface area contributed by atoms with E-state index in [2.05, 4.69) is 5.32 Å². The third-order valence-corrected chi connectivity index (χ3v) is 2.26. The number of hydrogen-bond donors (Lipinski definition) is 2. The van der Waals surface area contributed by atoms with Gasteiger partial charge in [-0.3, -0.25) is 5.41 Å². The molecular weight excluding hydrogens is 254 g/mol. The van der Waals surface area contributed by atoms with Gasteiger partial charge < -0.3 is 5.32 Å². The van der Waals surface area contributed by atoms with Crippen molar-refractivity contribution in [3.63, 3.8) is 0 Å². The molecule has 0 aliphatic rings. The van der Waals surface area contributed by atoms with E-state index in [4.69, 9.17) is 28.6 Å². The number of rotatable bonds is 2. The molecule has 15 heavy (non-hydrogen) atoms. The molecule has 0 bridgehead atoms. The van der Waals surface area contributed by atoms with E-state index in [0.717, 1.165) is 5.56 Å². The quantitative estimate of drug-likeness (QED) is 0.616. The number of nitrogens with one attached hydrogen (secondary N) is 2. The van der Waals surface area contributed by atoms with Gasteiger partial charge in [-0.15, -0.1) is 12.4 Å². The van der Waals surface area contributed by atoms with Crippen molar-refractivity contribution in [1.82, 2.24) is 5.32 Å². The van der Waals surface area contributed by atoms with E-state index >= 15 is 0 Å². The molecule has 1 rings (SSSR count). The van der Waals surface area contributed by atoms with Crippen LogP contribution in [0.4, 0.5) is 0 Å². The fraction of sp³-hybridized carbons (Fsp3) is 0.100. The molecule has 2 N–H and O–H groups in total. The standard InChI is InChI=1S/C10H10Cl2N2.ClH/c1-7(13)14-5-4-8-2-3-9(11)10(12)6-8;/h2-6H,1H3,(H2,13,14);1H/b5-4+;. The summed E-state index contributed by atoms with van der Waals surface area (Å²) in [6.07, 6.45) is 3.50. The van der Waals surface area contributed by atoms with Gasteiger partial charge in [0, 0.05) is 6.20 Å². The Hall–Kier alpha value is -0.700.